The number of hydrogen-bond donors (Lipinski definition) is 0. The normalized spacial score (nSPS) is 12.0. The summed E-state index contributed by atoms with van der Waals surface area (Å²) in [5, 5.41) is 0.418. The molecule has 0 spiro atoms. The van der Waals surface area contributed by atoms with Crippen molar-refractivity contribution in [3.8, 4) is 17.1 Å². The van der Waals surface area contributed by atoms with Crippen LogP contribution in [0.5, 0.6) is 5.75 Å². The molecule has 1 atom stereocenters. The molecule has 0 unspecified atom stereocenters. The summed E-state index contributed by atoms with van der Waals surface area (Å²) in [6.07, 6.45) is -0.939. The monoisotopic (exact) mass is 366 g/mol. The first-order valence-electron chi connectivity index (χ1n) is 8.71. The van der Waals surface area contributed by atoms with E-state index in [1.54, 1.807) is 6.07 Å². The van der Waals surface area contributed by atoms with E-state index < -0.39 is 12.1 Å². The van der Waals surface area contributed by atoms with Crippen LogP contribution in [-0.4, -0.2) is 19.2 Å². The van der Waals surface area contributed by atoms with Crippen LogP contribution in [0.3, 0.4) is 0 Å². The van der Waals surface area contributed by atoms with Crippen LogP contribution in [0, 0.1) is 20.8 Å². The fourth-order valence-corrected chi connectivity index (χ4v) is 2.83. The van der Waals surface area contributed by atoms with Gasteiger partial charge in [-0.05, 0) is 51.0 Å². The van der Waals surface area contributed by atoms with Crippen molar-refractivity contribution in [3.05, 3.63) is 63.3 Å². The predicted molar refractivity (Wildman–Crippen MR) is 104 cm³/mol. The molecular weight excluding hydrogens is 344 g/mol. The maximum Gasteiger partial charge on any atom is 0.346 e. The number of rotatable bonds is 4. The minimum atomic E-state index is -0.939. The second kappa shape index (κ2) is 7.27. The lowest BCUT2D eigenvalue weighted by Gasteiger charge is -2.16. The average Bonchev–Trinajstić information content (AvgIpc) is 2.65. The summed E-state index contributed by atoms with van der Waals surface area (Å²) in [6, 6.07) is 11.2. The summed E-state index contributed by atoms with van der Waals surface area (Å²) in [7, 11) is 1.28. The number of carbonyl (C=O) groups excluding carboxylic acids is 1. The van der Waals surface area contributed by atoms with Crippen molar-refractivity contribution in [2.24, 2.45) is 0 Å². The number of esters is 1. The van der Waals surface area contributed by atoms with Crippen molar-refractivity contribution in [1.29, 1.82) is 0 Å². The maximum absolute atomic E-state index is 13.2. The Morgan fingerprint density at radius 3 is 2.30 bits per heavy atom. The Morgan fingerprint density at radius 1 is 1.04 bits per heavy atom. The molecular formula is C22H22O5. The molecule has 0 aliphatic carbocycles. The number of fused-ring (bicyclic) bond motifs is 1. The zero-order valence-electron chi connectivity index (χ0n) is 16.1. The van der Waals surface area contributed by atoms with Gasteiger partial charge in [-0.1, -0.05) is 29.8 Å². The second-order valence-electron chi connectivity index (χ2n) is 6.67. The van der Waals surface area contributed by atoms with Gasteiger partial charge in [0.15, 0.2) is 11.9 Å². The van der Waals surface area contributed by atoms with Crippen LogP contribution in [0.4, 0.5) is 0 Å². The van der Waals surface area contributed by atoms with E-state index in [0.29, 0.717) is 22.3 Å². The van der Waals surface area contributed by atoms with Gasteiger partial charge in [0.2, 0.25) is 11.2 Å². The highest BCUT2D eigenvalue weighted by molar-refractivity contribution is 5.84. The Labute approximate surface area is 157 Å². The van der Waals surface area contributed by atoms with E-state index in [1.807, 2.05) is 51.1 Å². The third-order valence-corrected chi connectivity index (χ3v) is 4.61. The topological polar surface area (TPSA) is 65.7 Å². The minimum Gasteiger partial charge on any atom is -0.471 e. The third kappa shape index (κ3) is 3.58. The van der Waals surface area contributed by atoms with Crippen molar-refractivity contribution < 1.29 is 18.7 Å². The fourth-order valence-electron chi connectivity index (χ4n) is 2.83. The Kier molecular flexibility index (Phi) is 5.04. The Bertz CT molecular complexity index is 1060. The second-order valence-corrected chi connectivity index (χ2v) is 6.67. The van der Waals surface area contributed by atoms with Crippen LogP contribution in [0.1, 0.15) is 23.6 Å². The summed E-state index contributed by atoms with van der Waals surface area (Å²) >= 11 is 0. The van der Waals surface area contributed by atoms with Gasteiger partial charge in [0, 0.05) is 5.56 Å². The smallest absolute Gasteiger partial charge is 0.346 e. The van der Waals surface area contributed by atoms with Gasteiger partial charge in [-0.15, -0.1) is 0 Å². The van der Waals surface area contributed by atoms with E-state index in [0.717, 1.165) is 16.7 Å². The highest BCUT2D eigenvalue weighted by atomic mass is 16.6. The molecule has 1 heterocycles. The first-order chi connectivity index (χ1) is 12.8. The van der Waals surface area contributed by atoms with Crippen molar-refractivity contribution in [2.45, 2.75) is 33.8 Å². The lowest BCUT2D eigenvalue weighted by molar-refractivity contribution is -0.147. The predicted octanol–water partition coefficient (Wildman–Crippen LogP) is 4.33. The molecule has 3 rings (SSSR count). The van der Waals surface area contributed by atoms with Crippen molar-refractivity contribution in [3.63, 3.8) is 0 Å². The quantitative estimate of drug-likeness (QED) is 0.643. The zero-order valence-corrected chi connectivity index (χ0v) is 16.1. The van der Waals surface area contributed by atoms with Crippen LogP contribution in [0.2, 0.25) is 0 Å². The number of hydrogen-bond acceptors (Lipinski definition) is 5. The average molecular weight is 366 g/mol. The lowest BCUT2D eigenvalue weighted by atomic mass is 10.0. The molecule has 0 fully saturated rings. The van der Waals surface area contributed by atoms with Gasteiger partial charge in [0.1, 0.15) is 5.58 Å². The molecule has 27 heavy (non-hydrogen) atoms. The molecule has 0 saturated heterocycles. The molecule has 3 aromatic rings. The number of aryl methyl sites for hydroxylation is 3. The summed E-state index contributed by atoms with van der Waals surface area (Å²) in [5.41, 5.74) is 3.95. The molecule has 0 aliphatic rings. The summed E-state index contributed by atoms with van der Waals surface area (Å²) < 4.78 is 16.5. The molecule has 0 amide bonds. The minimum absolute atomic E-state index is 0.00695. The van der Waals surface area contributed by atoms with E-state index in [9.17, 15) is 9.59 Å². The van der Waals surface area contributed by atoms with Gasteiger partial charge in [0.25, 0.3) is 0 Å². The van der Waals surface area contributed by atoms with Gasteiger partial charge in [0.05, 0.1) is 12.5 Å². The third-order valence-electron chi connectivity index (χ3n) is 4.61. The Hall–Kier alpha value is -3.08. The highest BCUT2D eigenvalue weighted by Crippen LogP contribution is 2.32. The van der Waals surface area contributed by atoms with Crippen molar-refractivity contribution in [1.82, 2.24) is 0 Å². The van der Waals surface area contributed by atoms with Gasteiger partial charge < -0.3 is 13.9 Å². The summed E-state index contributed by atoms with van der Waals surface area (Å²) in [5.74, 6) is -0.261. The number of carbonyl (C=O) groups is 1. The van der Waals surface area contributed by atoms with E-state index in [2.05, 4.69) is 0 Å². The van der Waals surface area contributed by atoms with Crippen LogP contribution >= 0.6 is 0 Å². The van der Waals surface area contributed by atoms with E-state index >= 15 is 0 Å². The van der Waals surface area contributed by atoms with Crippen LogP contribution in [0.25, 0.3) is 22.3 Å². The molecule has 5 nitrogen and oxygen atoms in total. The largest absolute Gasteiger partial charge is 0.471 e. The highest BCUT2D eigenvalue weighted by Gasteiger charge is 2.23. The fraction of sp³-hybridized carbons (Fsp3) is 0.273. The van der Waals surface area contributed by atoms with Gasteiger partial charge in [-0.25, -0.2) is 4.79 Å². The first-order valence-corrected chi connectivity index (χ1v) is 8.71. The summed E-state index contributed by atoms with van der Waals surface area (Å²) in [6.45, 7) is 7.40. The first kappa shape index (κ1) is 18.7. The molecule has 2 aromatic carbocycles. The molecule has 0 bridgehead atoms. The van der Waals surface area contributed by atoms with Gasteiger partial charge in [-0.3, -0.25) is 4.79 Å². The van der Waals surface area contributed by atoms with Gasteiger partial charge >= 0.3 is 5.97 Å². The maximum atomic E-state index is 13.2. The molecule has 0 radical (unpaired) electrons. The van der Waals surface area contributed by atoms with E-state index in [1.165, 1.54) is 14.0 Å². The summed E-state index contributed by atoms with van der Waals surface area (Å²) in [4.78, 5) is 25.0. The molecule has 0 N–H and O–H groups in total. The lowest BCUT2D eigenvalue weighted by Crippen LogP contribution is -2.27. The van der Waals surface area contributed by atoms with E-state index in [4.69, 9.17) is 13.9 Å². The Balaban J connectivity index is 2.28. The SMILES string of the molecule is COC(=O)[C@@H](C)Oc1c(-c2ccc(C)cc2)oc2cc(C)c(C)cc2c1=O. The number of methoxy groups -OCH3 is 1. The number of ether oxygens (including phenoxy) is 2. The van der Waals surface area contributed by atoms with Crippen LogP contribution < -0.4 is 10.2 Å². The molecule has 0 aliphatic heterocycles. The van der Waals surface area contributed by atoms with Gasteiger partial charge in [-0.2, -0.15) is 0 Å². The van der Waals surface area contributed by atoms with E-state index in [-0.39, 0.29) is 11.2 Å². The van der Waals surface area contributed by atoms with Crippen LogP contribution in [-0.2, 0) is 9.53 Å². The van der Waals surface area contributed by atoms with Crippen molar-refractivity contribution >= 4 is 16.9 Å². The molecule has 0 saturated carbocycles. The van der Waals surface area contributed by atoms with Crippen molar-refractivity contribution in [2.75, 3.05) is 7.11 Å². The molecule has 140 valence electrons. The Morgan fingerprint density at radius 2 is 1.67 bits per heavy atom. The zero-order chi connectivity index (χ0) is 19.7. The number of benzene rings is 2. The molecule has 1 aromatic heterocycles. The van der Waals surface area contributed by atoms with Crippen LogP contribution in [0.15, 0.2) is 45.6 Å². The standard InChI is InChI=1S/C22H22O5/c1-12-6-8-16(9-7-12)20-21(26-15(4)22(24)25-5)19(23)17-10-13(2)14(3)11-18(17)27-20/h6-11,15H,1-5H3/t15-/m1/s1. The molecule has 5 heteroatoms.